The molecule has 3 heteroatoms. The molecule has 0 heterocycles. The largest absolute Gasteiger partial charge is 0.433 e. The van der Waals surface area contributed by atoms with Crippen molar-refractivity contribution in [2.24, 2.45) is 0 Å². The van der Waals surface area contributed by atoms with Crippen LogP contribution in [-0.2, 0) is 14.3 Å². The third kappa shape index (κ3) is 19.5. The van der Waals surface area contributed by atoms with E-state index < -0.39 is 12.3 Å². The Morgan fingerprint density at radius 2 is 1.15 bits per heavy atom. The van der Waals surface area contributed by atoms with Gasteiger partial charge in [0.2, 0.25) is 0 Å². The molecule has 0 aliphatic rings. The van der Waals surface area contributed by atoms with Crippen LogP contribution in [0.25, 0.3) is 0 Å². The maximum atomic E-state index is 11.0. The normalized spacial score (nSPS) is 12.1. The van der Waals surface area contributed by atoms with E-state index in [1.165, 1.54) is 96.3 Å². The Labute approximate surface area is 162 Å². The van der Waals surface area contributed by atoms with Crippen molar-refractivity contribution in [3.8, 4) is 0 Å². The molecule has 0 aliphatic carbocycles. The van der Waals surface area contributed by atoms with Gasteiger partial charge in [0.25, 0.3) is 0 Å². The molecule has 0 saturated carbocycles. The van der Waals surface area contributed by atoms with Gasteiger partial charge in [-0.1, -0.05) is 110 Å². The van der Waals surface area contributed by atoms with E-state index >= 15 is 0 Å². The number of ether oxygens (including phenoxy) is 2. The van der Waals surface area contributed by atoms with Crippen LogP contribution in [0.2, 0.25) is 0 Å². The molecule has 0 spiro atoms. The lowest BCUT2D eigenvalue weighted by molar-refractivity contribution is -0.168. The smallest absolute Gasteiger partial charge is 0.332 e. The van der Waals surface area contributed by atoms with Gasteiger partial charge in [0.15, 0.2) is 6.29 Å². The molecule has 26 heavy (non-hydrogen) atoms. The molecule has 154 valence electrons. The molecular weight excluding hydrogens is 324 g/mol. The molecule has 0 aliphatic heterocycles. The minimum absolute atomic E-state index is 0.426. The lowest BCUT2D eigenvalue weighted by Gasteiger charge is -2.12. The summed E-state index contributed by atoms with van der Waals surface area (Å²) in [6.45, 7) is 8.05. The molecule has 0 radical (unpaired) electrons. The van der Waals surface area contributed by atoms with Crippen molar-refractivity contribution in [2.75, 3.05) is 6.61 Å². The Morgan fingerprint density at radius 1 is 0.769 bits per heavy atom. The molecule has 0 fully saturated rings. The van der Waals surface area contributed by atoms with Crippen LogP contribution >= 0.6 is 0 Å². The Kier molecular flexibility index (Phi) is 19.8. The van der Waals surface area contributed by atoms with E-state index in [-0.39, 0.29) is 0 Å². The summed E-state index contributed by atoms with van der Waals surface area (Å²) in [5, 5.41) is 0. The summed E-state index contributed by atoms with van der Waals surface area (Å²) in [6, 6.07) is 0. The first kappa shape index (κ1) is 25.2. The summed E-state index contributed by atoms with van der Waals surface area (Å²) in [7, 11) is 0. The highest BCUT2D eigenvalue weighted by atomic mass is 16.7. The van der Waals surface area contributed by atoms with Gasteiger partial charge in [-0.15, -0.1) is 0 Å². The van der Waals surface area contributed by atoms with Crippen LogP contribution < -0.4 is 0 Å². The molecule has 3 nitrogen and oxygen atoms in total. The average molecular weight is 369 g/mol. The SMILES string of the molecule is C=CC(=O)OC(C)OCCCCCCCCCCCCCCCCCC. The Morgan fingerprint density at radius 3 is 1.54 bits per heavy atom. The van der Waals surface area contributed by atoms with Crippen LogP contribution in [0.5, 0.6) is 0 Å². The summed E-state index contributed by atoms with van der Waals surface area (Å²) in [6.07, 6.45) is 22.5. The number of rotatable bonds is 20. The van der Waals surface area contributed by atoms with Crippen LogP contribution in [0.3, 0.4) is 0 Å². The summed E-state index contributed by atoms with van der Waals surface area (Å²) in [4.78, 5) is 11.0. The first-order valence-corrected chi connectivity index (χ1v) is 11.1. The second-order valence-electron chi connectivity index (χ2n) is 7.38. The number of unbranched alkanes of at least 4 members (excludes halogenated alkanes) is 15. The van der Waals surface area contributed by atoms with Crippen molar-refractivity contribution in [1.82, 2.24) is 0 Å². The number of carbonyl (C=O) groups excluding carboxylic acids is 1. The van der Waals surface area contributed by atoms with Gasteiger partial charge in [-0.25, -0.2) is 4.79 Å². The average Bonchev–Trinajstić information content (AvgIpc) is 2.64. The molecule has 0 amide bonds. The molecule has 1 atom stereocenters. The highest BCUT2D eigenvalue weighted by molar-refractivity contribution is 5.81. The standard InChI is InChI=1S/C23H44O3/c1-4-6-7-8-9-10-11-12-13-14-15-16-17-18-19-20-21-25-22(3)26-23(24)5-2/h5,22H,2,4,6-21H2,1,3H3. The van der Waals surface area contributed by atoms with Crippen molar-refractivity contribution < 1.29 is 14.3 Å². The van der Waals surface area contributed by atoms with Crippen molar-refractivity contribution in [2.45, 2.75) is 123 Å². The monoisotopic (exact) mass is 368 g/mol. The zero-order chi connectivity index (χ0) is 19.3. The molecule has 0 N–H and O–H groups in total. The number of hydrogen-bond donors (Lipinski definition) is 0. The van der Waals surface area contributed by atoms with Gasteiger partial charge in [0.05, 0.1) is 6.61 Å². The first-order valence-electron chi connectivity index (χ1n) is 11.1. The van der Waals surface area contributed by atoms with Crippen molar-refractivity contribution in [3.63, 3.8) is 0 Å². The molecule has 0 aromatic carbocycles. The quantitative estimate of drug-likeness (QED) is 0.0975. The van der Waals surface area contributed by atoms with Crippen molar-refractivity contribution in [1.29, 1.82) is 0 Å². The molecule has 0 saturated heterocycles. The van der Waals surface area contributed by atoms with Crippen LogP contribution in [-0.4, -0.2) is 18.9 Å². The van der Waals surface area contributed by atoms with Crippen LogP contribution in [0.1, 0.15) is 117 Å². The highest BCUT2D eigenvalue weighted by Gasteiger charge is 2.05. The van der Waals surface area contributed by atoms with Gasteiger partial charge in [-0.05, 0) is 13.3 Å². The lowest BCUT2D eigenvalue weighted by Crippen LogP contribution is -2.17. The van der Waals surface area contributed by atoms with E-state index in [0.29, 0.717) is 6.61 Å². The molecular formula is C23H44O3. The molecule has 1 unspecified atom stereocenters. The van der Waals surface area contributed by atoms with Crippen LogP contribution in [0.4, 0.5) is 0 Å². The number of esters is 1. The lowest BCUT2D eigenvalue weighted by atomic mass is 10.0. The minimum atomic E-state index is -0.475. The van der Waals surface area contributed by atoms with Gasteiger partial charge < -0.3 is 9.47 Å². The van der Waals surface area contributed by atoms with Gasteiger partial charge in [0.1, 0.15) is 0 Å². The maximum Gasteiger partial charge on any atom is 0.332 e. The fourth-order valence-corrected chi connectivity index (χ4v) is 3.15. The Hall–Kier alpha value is -0.830. The summed E-state index contributed by atoms with van der Waals surface area (Å²) in [5.74, 6) is -0.426. The van der Waals surface area contributed by atoms with E-state index in [0.717, 1.165) is 12.5 Å². The second kappa shape index (κ2) is 20.5. The maximum absolute atomic E-state index is 11.0. The molecule has 0 rings (SSSR count). The summed E-state index contributed by atoms with van der Waals surface area (Å²) in [5.41, 5.74) is 0. The zero-order valence-corrected chi connectivity index (χ0v) is 17.6. The Balaban J connectivity index is 3.11. The predicted octanol–water partition coefficient (Wildman–Crippen LogP) is 7.34. The van der Waals surface area contributed by atoms with Gasteiger partial charge >= 0.3 is 5.97 Å². The van der Waals surface area contributed by atoms with Gasteiger partial charge in [-0.2, -0.15) is 0 Å². The Bertz CT molecular complexity index is 315. The predicted molar refractivity (Wildman–Crippen MR) is 111 cm³/mol. The van der Waals surface area contributed by atoms with Gasteiger partial charge in [-0.3, -0.25) is 0 Å². The zero-order valence-electron chi connectivity index (χ0n) is 17.6. The van der Waals surface area contributed by atoms with E-state index in [4.69, 9.17) is 9.47 Å². The van der Waals surface area contributed by atoms with Crippen molar-refractivity contribution >= 4 is 5.97 Å². The summed E-state index contributed by atoms with van der Waals surface area (Å²) >= 11 is 0. The van der Waals surface area contributed by atoms with E-state index in [2.05, 4.69) is 13.5 Å². The summed E-state index contributed by atoms with van der Waals surface area (Å²) < 4.78 is 10.4. The van der Waals surface area contributed by atoms with E-state index in [1.54, 1.807) is 6.92 Å². The van der Waals surface area contributed by atoms with Crippen LogP contribution in [0, 0.1) is 0 Å². The highest BCUT2D eigenvalue weighted by Crippen LogP contribution is 2.13. The fourth-order valence-electron chi connectivity index (χ4n) is 3.15. The fraction of sp³-hybridized carbons (Fsp3) is 0.870. The second-order valence-corrected chi connectivity index (χ2v) is 7.38. The number of carbonyl (C=O) groups is 1. The molecule has 0 aromatic rings. The first-order chi connectivity index (χ1) is 12.7. The molecule has 0 aromatic heterocycles. The minimum Gasteiger partial charge on any atom is -0.433 e. The number of hydrogen-bond acceptors (Lipinski definition) is 3. The third-order valence-electron chi connectivity index (χ3n) is 4.80. The molecule has 0 bridgehead atoms. The van der Waals surface area contributed by atoms with Crippen molar-refractivity contribution in [3.05, 3.63) is 12.7 Å². The van der Waals surface area contributed by atoms with Gasteiger partial charge in [0, 0.05) is 6.08 Å². The van der Waals surface area contributed by atoms with E-state index in [1.807, 2.05) is 0 Å². The van der Waals surface area contributed by atoms with Crippen LogP contribution in [0.15, 0.2) is 12.7 Å². The topological polar surface area (TPSA) is 35.5 Å². The van der Waals surface area contributed by atoms with E-state index in [9.17, 15) is 4.79 Å². The third-order valence-corrected chi connectivity index (χ3v) is 4.80.